The number of nitrogens with zero attached hydrogens (tertiary/aromatic N) is 1. The van der Waals surface area contributed by atoms with Crippen molar-refractivity contribution in [3.05, 3.63) is 23.8 Å². The highest BCUT2D eigenvalue weighted by Crippen LogP contribution is 2.26. The lowest BCUT2D eigenvalue weighted by Gasteiger charge is -2.27. The first-order chi connectivity index (χ1) is 9.19. The van der Waals surface area contributed by atoms with Gasteiger partial charge in [0.15, 0.2) is 11.5 Å². The van der Waals surface area contributed by atoms with E-state index in [1.165, 1.54) is 12.8 Å². The molecule has 1 atom stereocenters. The molecular weight excluding hydrogens is 276 g/mol. The molecule has 2 N–H and O–H groups in total. The summed E-state index contributed by atoms with van der Waals surface area (Å²) < 4.78 is 5.05. The number of hydrogen-bond donors (Lipinski definition) is 2. The molecular formula is C15H25ClN2O2. The topological polar surface area (TPSA) is 44.7 Å². The molecule has 1 aliphatic heterocycles. The smallest absolute Gasteiger partial charge is 0.160 e. The van der Waals surface area contributed by atoms with Gasteiger partial charge in [0.05, 0.1) is 7.11 Å². The summed E-state index contributed by atoms with van der Waals surface area (Å²) in [6, 6.07) is 5.61. The highest BCUT2D eigenvalue weighted by molar-refractivity contribution is 5.85. The van der Waals surface area contributed by atoms with Gasteiger partial charge in [0, 0.05) is 13.1 Å². The minimum Gasteiger partial charge on any atom is -0.504 e. The average Bonchev–Trinajstić information content (AvgIpc) is 2.40. The first-order valence-corrected chi connectivity index (χ1v) is 6.94. The third kappa shape index (κ3) is 4.85. The standard InChI is InChI=1S/C15H24N2O2.ClH/c1-17(11-13-4-3-7-16-9-13)10-12-5-6-15(19-2)14(18)8-12;/h5-6,8,13,16,18H,3-4,7,9-11H2,1-2H3;1H. The summed E-state index contributed by atoms with van der Waals surface area (Å²) >= 11 is 0. The van der Waals surface area contributed by atoms with Crippen LogP contribution in [0.4, 0.5) is 0 Å². The Hall–Kier alpha value is -0.970. The summed E-state index contributed by atoms with van der Waals surface area (Å²) in [4.78, 5) is 2.32. The summed E-state index contributed by atoms with van der Waals surface area (Å²) in [5.41, 5.74) is 1.12. The molecule has 0 amide bonds. The van der Waals surface area contributed by atoms with Gasteiger partial charge in [-0.25, -0.2) is 0 Å². The van der Waals surface area contributed by atoms with Crippen molar-refractivity contribution >= 4 is 12.4 Å². The summed E-state index contributed by atoms with van der Waals surface area (Å²) in [5, 5.41) is 13.2. The van der Waals surface area contributed by atoms with Crippen LogP contribution in [-0.4, -0.2) is 43.8 Å². The molecule has 1 aromatic carbocycles. The summed E-state index contributed by atoms with van der Waals surface area (Å²) in [6.07, 6.45) is 2.59. The van der Waals surface area contributed by atoms with Crippen LogP contribution < -0.4 is 10.1 Å². The summed E-state index contributed by atoms with van der Waals surface area (Å²) in [5.74, 6) is 1.49. The molecule has 1 aliphatic rings. The van der Waals surface area contributed by atoms with Crippen LogP contribution in [0.2, 0.25) is 0 Å². The molecule has 1 unspecified atom stereocenters. The van der Waals surface area contributed by atoms with Gasteiger partial charge in [-0.2, -0.15) is 0 Å². The second kappa shape index (κ2) is 8.35. The SMILES string of the molecule is COc1ccc(CN(C)CC2CCCNC2)cc1O.Cl. The van der Waals surface area contributed by atoms with Crippen molar-refractivity contribution in [2.75, 3.05) is 33.8 Å². The van der Waals surface area contributed by atoms with E-state index < -0.39 is 0 Å². The number of ether oxygens (including phenoxy) is 1. The number of rotatable bonds is 5. The fraction of sp³-hybridized carbons (Fsp3) is 0.600. The number of benzene rings is 1. The van der Waals surface area contributed by atoms with E-state index >= 15 is 0 Å². The van der Waals surface area contributed by atoms with E-state index in [4.69, 9.17) is 4.74 Å². The van der Waals surface area contributed by atoms with Gasteiger partial charge < -0.3 is 20.1 Å². The number of phenols is 1. The van der Waals surface area contributed by atoms with Crippen molar-refractivity contribution < 1.29 is 9.84 Å². The van der Waals surface area contributed by atoms with E-state index in [1.807, 2.05) is 12.1 Å². The molecule has 0 bridgehead atoms. The number of halogens is 1. The molecule has 20 heavy (non-hydrogen) atoms. The lowest BCUT2D eigenvalue weighted by molar-refractivity contribution is 0.237. The van der Waals surface area contributed by atoms with Crippen LogP contribution in [0.15, 0.2) is 18.2 Å². The summed E-state index contributed by atoms with van der Waals surface area (Å²) in [6.45, 7) is 4.23. The third-order valence-electron chi connectivity index (χ3n) is 3.66. The van der Waals surface area contributed by atoms with Crippen molar-refractivity contribution in [2.45, 2.75) is 19.4 Å². The molecule has 0 saturated carbocycles. The minimum absolute atomic E-state index is 0. The van der Waals surface area contributed by atoms with E-state index in [1.54, 1.807) is 13.2 Å². The maximum Gasteiger partial charge on any atom is 0.160 e. The second-order valence-corrected chi connectivity index (χ2v) is 5.42. The van der Waals surface area contributed by atoms with Gasteiger partial charge in [-0.1, -0.05) is 6.07 Å². The number of aromatic hydroxyl groups is 1. The van der Waals surface area contributed by atoms with Gasteiger partial charge in [0.1, 0.15) is 0 Å². The monoisotopic (exact) mass is 300 g/mol. The normalized spacial score (nSPS) is 18.6. The molecule has 5 heteroatoms. The van der Waals surface area contributed by atoms with E-state index in [-0.39, 0.29) is 18.2 Å². The van der Waals surface area contributed by atoms with Crippen LogP contribution in [0, 0.1) is 5.92 Å². The van der Waals surface area contributed by atoms with E-state index in [9.17, 15) is 5.11 Å². The highest BCUT2D eigenvalue weighted by atomic mass is 35.5. The molecule has 1 saturated heterocycles. The molecule has 4 nitrogen and oxygen atoms in total. The lowest BCUT2D eigenvalue weighted by Crippen LogP contribution is -2.36. The molecule has 0 radical (unpaired) electrons. The molecule has 0 aromatic heterocycles. The van der Waals surface area contributed by atoms with Gasteiger partial charge in [0.2, 0.25) is 0 Å². The lowest BCUT2D eigenvalue weighted by atomic mass is 9.99. The predicted molar refractivity (Wildman–Crippen MR) is 83.8 cm³/mol. The number of nitrogens with one attached hydrogen (secondary N) is 1. The number of hydrogen-bond acceptors (Lipinski definition) is 4. The molecule has 0 spiro atoms. The van der Waals surface area contributed by atoms with E-state index in [0.29, 0.717) is 5.75 Å². The molecule has 2 rings (SSSR count). The first kappa shape index (κ1) is 17.1. The van der Waals surface area contributed by atoms with E-state index in [2.05, 4.69) is 17.3 Å². The van der Waals surface area contributed by atoms with Crippen LogP contribution in [-0.2, 0) is 6.54 Å². The largest absolute Gasteiger partial charge is 0.504 e. The Balaban J connectivity index is 0.00000200. The maximum atomic E-state index is 9.77. The zero-order chi connectivity index (χ0) is 13.7. The zero-order valence-electron chi connectivity index (χ0n) is 12.3. The molecule has 1 heterocycles. The Labute approximate surface area is 127 Å². The Bertz CT molecular complexity index is 409. The van der Waals surface area contributed by atoms with Gasteiger partial charge in [-0.05, 0) is 56.6 Å². The average molecular weight is 301 g/mol. The van der Waals surface area contributed by atoms with Crippen LogP contribution in [0.1, 0.15) is 18.4 Å². The van der Waals surface area contributed by atoms with Crippen LogP contribution in [0.5, 0.6) is 11.5 Å². The fourth-order valence-corrected chi connectivity index (χ4v) is 2.73. The van der Waals surface area contributed by atoms with E-state index in [0.717, 1.165) is 37.7 Å². The second-order valence-electron chi connectivity index (χ2n) is 5.42. The molecule has 114 valence electrons. The van der Waals surface area contributed by atoms with Gasteiger partial charge in [-0.3, -0.25) is 0 Å². The van der Waals surface area contributed by atoms with Crippen LogP contribution >= 0.6 is 12.4 Å². The van der Waals surface area contributed by atoms with Crippen molar-refractivity contribution in [3.8, 4) is 11.5 Å². The Morgan fingerprint density at radius 1 is 1.45 bits per heavy atom. The van der Waals surface area contributed by atoms with Crippen molar-refractivity contribution in [3.63, 3.8) is 0 Å². The van der Waals surface area contributed by atoms with Gasteiger partial charge >= 0.3 is 0 Å². The zero-order valence-corrected chi connectivity index (χ0v) is 13.1. The van der Waals surface area contributed by atoms with Crippen molar-refractivity contribution in [2.24, 2.45) is 5.92 Å². The first-order valence-electron chi connectivity index (χ1n) is 6.94. The molecule has 1 fully saturated rings. The predicted octanol–water partition coefficient (Wildman–Crippen LogP) is 2.25. The molecule has 1 aromatic rings. The third-order valence-corrected chi connectivity index (χ3v) is 3.66. The summed E-state index contributed by atoms with van der Waals surface area (Å²) in [7, 11) is 3.70. The number of methoxy groups -OCH3 is 1. The highest BCUT2D eigenvalue weighted by Gasteiger charge is 2.15. The minimum atomic E-state index is 0. The quantitative estimate of drug-likeness (QED) is 0.875. The van der Waals surface area contributed by atoms with Crippen LogP contribution in [0.25, 0.3) is 0 Å². The number of piperidine rings is 1. The van der Waals surface area contributed by atoms with Gasteiger partial charge in [-0.15, -0.1) is 12.4 Å². The van der Waals surface area contributed by atoms with Gasteiger partial charge in [0.25, 0.3) is 0 Å². The number of phenolic OH excluding ortho intramolecular Hbond substituents is 1. The Morgan fingerprint density at radius 3 is 2.85 bits per heavy atom. The van der Waals surface area contributed by atoms with Crippen molar-refractivity contribution in [1.29, 1.82) is 0 Å². The van der Waals surface area contributed by atoms with Crippen molar-refractivity contribution in [1.82, 2.24) is 10.2 Å². The Morgan fingerprint density at radius 2 is 2.25 bits per heavy atom. The molecule has 0 aliphatic carbocycles. The maximum absolute atomic E-state index is 9.77. The van der Waals surface area contributed by atoms with Crippen LogP contribution in [0.3, 0.4) is 0 Å². The fourth-order valence-electron chi connectivity index (χ4n) is 2.73. The Kier molecular flexibility index (Phi) is 7.13.